The Kier molecular flexibility index (Phi) is 6.29. The highest BCUT2D eigenvalue weighted by molar-refractivity contribution is 9.10. The van der Waals surface area contributed by atoms with Gasteiger partial charge in [0.2, 0.25) is 0 Å². The molecule has 3 aromatic rings. The summed E-state index contributed by atoms with van der Waals surface area (Å²) in [6.07, 6.45) is 0.856. The zero-order chi connectivity index (χ0) is 21.1. The van der Waals surface area contributed by atoms with E-state index in [0.717, 1.165) is 34.5 Å². The third-order valence-electron chi connectivity index (χ3n) is 5.22. The molecule has 1 N–H and O–H groups in total. The first-order valence-electron chi connectivity index (χ1n) is 9.74. The fraction of sp³-hybridized carbons (Fsp3) is 0.273. The average Bonchev–Trinajstić information content (AvgIpc) is 3.11. The lowest BCUT2D eigenvalue weighted by Gasteiger charge is -2.22. The molecule has 8 heteroatoms. The van der Waals surface area contributed by atoms with Crippen molar-refractivity contribution in [3.05, 3.63) is 63.6 Å². The number of ether oxygens (including phenoxy) is 1. The van der Waals surface area contributed by atoms with Gasteiger partial charge in [-0.25, -0.2) is 0 Å². The third kappa shape index (κ3) is 4.47. The Hall–Kier alpha value is -2.51. The van der Waals surface area contributed by atoms with E-state index < -0.39 is 0 Å². The van der Waals surface area contributed by atoms with Crippen LogP contribution in [0.15, 0.2) is 53.0 Å². The summed E-state index contributed by atoms with van der Waals surface area (Å²) >= 11 is 9.56. The molecule has 4 rings (SSSR count). The number of benzene rings is 2. The molecule has 6 nitrogen and oxygen atoms in total. The van der Waals surface area contributed by atoms with Crippen LogP contribution >= 0.6 is 27.5 Å². The van der Waals surface area contributed by atoms with Gasteiger partial charge in [-0.15, -0.1) is 0 Å². The number of hydrogen-bond donors (Lipinski definition) is 1. The molecule has 156 valence electrons. The lowest BCUT2D eigenvalue weighted by molar-refractivity contribution is 0.0763. The molecule has 1 amide bonds. The van der Waals surface area contributed by atoms with Gasteiger partial charge in [0.05, 0.1) is 18.4 Å². The maximum Gasteiger partial charge on any atom is 0.257 e. The number of carbonyl (C=O) groups excluding carboxylic acids is 1. The normalized spacial score (nSPS) is 14.5. The van der Waals surface area contributed by atoms with Crippen molar-refractivity contribution in [3.8, 4) is 17.0 Å². The molecule has 1 aliphatic rings. The number of hydrogen-bond acceptors (Lipinski definition) is 4. The molecule has 1 aliphatic heterocycles. The van der Waals surface area contributed by atoms with Crippen LogP contribution in [0.2, 0.25) is 5.02 Å². The van der Waals surface area contributed by atoms with E-state index in [1.807, 2.05) is 29.2 Å². The van der Waals surface area contributed by atoms with Crippen LogP contribution in [0, 0.1) is 0 Å². The Balaban J connectivity index is 1.46. The first-order chi connectivity index (χ1) is 14.5. The highest BCUT2D eigenvalue weighted by Gasteiger charge is 2.24. The smallest absolute Gasteiger partial charge is 0.257 e. The van der Waals surface area contributed by atoms with Crippen molar-refractivity contribution in [1.82, 2.24) is 15.1 Å². The van der Waals surface area contributed by atoms with Crippen LogP contribution in [0.25, 0.3) is 11.3 Å². The molecule has 2 heterocycles. The maximum absolute atomic E-state index is 13.1. The lowest BCUT2D eigenvalue weighted by Crippen LogP contribution is -2.35. The second-order valence-electron chi connectivity index (χ2n) is 7.12. The van der Waals surface area contributed by atoms with E-state index in [-0.39, 0.29) is 5.91 Å². The van der Waals surface area contributed by atoms with Gasteiger partial charge < -0.3 is 14.5 Å². The second-order valence-corrected chi connectivity index (χ2v) is 8.48. The number of methoxy groups -OCH3 is 1. The molecule has 1 fully saturated rings. The van der Waals surface area contributed by atoms with Crippen LogP contribution in [0.3, 0.4) is 0 Å². The first-order valence-corrected chi connectivity index (χ1v) is 10.9. The number of carbonyl (C=O) groups is 1. The van der Waals surface area contributed by atoms with E-state index in [9.17, 15) is 4.79 Å². The summed E-state index contributed by atoms with van der Waals surface area (Å²) in [6.45, 7) is 2.82. The monoisotopic (exact) mass is 488 g/mol. The molecule has 0 aliphatic carbocycles. The minimum Gasteiger partial charge on any atom is -0.496 e. The molecule has 0 saturated carbocycles. The summed E-state index contributed by atoms with van der Waals surface area (Å²) in [6, 6.07) is 15.3. The van der Waals surface area contributed by atoms with Crippen molar-refractivity contribution in [2.45, 2.75) is 6.42 Å². The number of anilines is 1. The van der Waals surface area contributed by atoms with Gasteiger partial charge in [-0.1, -0.05) is 39.7 Å². The standard InChI is InChI=1S/C22H22BrClN4O2/c1-30-20-8-7-17(24)13-18(20)22(29)28-10-2-9-27(11-12-28)21-14-19(25-26-21)15-3-5-16(23)6-4-15/h3-8,13-14H,2,9-12H2,1H3,(H,25,26). The molecule has 0 spiro atoms. The SMILES string of the molecule is COc1ccc(Cl)cc1C(=O)N1CCCN(c2cc(-c3ccc(Br)cc3)[nH]n2)CC1. The zero-order valence-electron chi connectivity index (χ0n) is 16.6. The van der Waals surface area contributed by atoms with Crippen LogP contribution in [0.1, 0.15) is 16.8 Å². The Morgan fingerprint density at radius 2 is 1.90 bits per heavy atom. The highest BCUT2D eigenvalue weighted by atomic mass is 79.9. The maximum atomic E-state index is 13.1. The number of halogens is 2. The molecule has 0 unspecified atom stereocenters. The summed E-state index contributed by atoms with van der Waals surface area (Å²) in [7, 11) is 1.56. The number of nitrogens with zero attached hydrogens (tertiary/aromatic N) is 3. The van der Waals surface area contributed by atoms with Gasteiger partial charge in [0, 0.05) is 41.7 Å². The third-order valence-corrected chi connectivity index (χ3v) is 5.98. The van der Waals surface area contributed by atoms with Crippen LogP contribution in [0.5, 0.6) is 5.75 Å². The van der Waals surface area contributed by atoms with Gasteiger partial charge in [0.1, 0.15) is 5.75 Å². The van der Waals surface area contributed by atoms with E-state index in [1.165, 1.54) is 0 Å². The predicted molar refractivity (Wildman–Crippen MR) is 122 cm³/mol. The summed E-state index contributed by atoms with van der Waals surface area (Å²) in [5, 5.41) is 8.14. The highest BCUT2D eigenvalue weighted by Crippen LogP contribution is 2.26. The second kappa shape index (κ2) is 9.10. The molecule has 0 bridgehead atoms. The van der Waals surface area contributed by atoms with E-state index >= 15 is 0 Å². The lowest BCUT2D eigenvalue weighted by atomic mass is 10.1. The number of nitrogens with one attached hydrogen (secondary N) is 1. The molecule has 1 saturated heterocycles. The number of aromatic nitrogens is 2. The number of rotatable bonds is 4. The van der Waals surface area contributed by atoms with Crippen LogP contribution in [-0.4, -0.2) is 54.3 Å². The average molecular weight is 490 g/mol. The number of amides is 1. The summed E-state index contributed by atoms with van der Waals surface area (Å²) < 4.78 is 6.39. The number of aromatic amines is 1. The first kappa shape index (κ1) is 20.8. The topological polar surface area (TPSA) is 61.5 Å². The van der Waals surface area contributed by atoms with Crippen LogP contribution < -0.4 is 9.64 Å². The largest absolute Gasteiger partial charge is 0.496 e. The Bertz CT molecular complexity index is 1040. The van der Waals surface area contributed by atoms with Crippen molar-refractivity contribution < 1.29 is 9.53 Å². The van der Waals surface area contributed by atoms with Gasteiger partial charge in [0.15, 0.2) is 5.82 Å². The fourth-order valence-electron chi connectivity index (χ4n) is 3.62. The summed E-state index contributed by atoms with van der Waals surface area (Å²) in [5.41, 5.74) is 2.55. The fourth-order valence-corrected chi connectivity index (χ4v) is 4.05. The molecule has 0 atom stereocenters. The van der Waals surface area contributed by atoms with E-state index in [2.05, 4.69) is 37.1 Å². The van der Waals surface area contributed by atoms with E-state index in [4.69, 9.17) is 16.3 Å². The molecule has 1 aromatic heterocycles. The van der Waals surface area contributed by atoms with E-state index in [1.54, 1.807) is 25.3 Å². The van der Waals surface area contributed by atoms with Crippen molar-refractivity contribution >= 4 is 39.3 Å². The van der Waals surface area contributed by atoms with Crippen molar-refractivity contribution in [3.63, 3.8) is 0 Å². The molecule has 2 aromatic carbocycles. The quantitative estimate of drug-likeness (QED) is 0.569. The molecular formula is C22H22BrClN4O2. The van der Waals surface area contributed by atoms with Crippen LogP contribution in [-0.2, 0) is 0 Å². The molecule has 0 radical (unpaired) electrons. The minimum atomic E-state index is -0.0613. The Morgan fingerprint density at radius 1 is 1.10 bits per heavy atom. The Labute approximate surface area is 188 Å². The summed E-state index contributed by atoms with van der Waals surface area (Å²) in [5.74, 6) is 1.37. The van der Waals surface area contributed by atoms with Gasteiger partial charge in [-0.2, -0.15) is 5.10 Å². The van der Waals surface area contributed by atoms with Gasteiger partial charge in [0.25, 0.3) is 5.91 Å². The zero-order valence-corrected chi connectivity index (χ0v) is 18.9. The molecular weight excluding hydrogens is 468 g/mol. The number of H-pyrrole nitrogens is 1. The Morgan fingerprint density at radius 3 is 2.67 bits per heavy atom. The van der Waals surface area contributed by atoms with Crippen LogP contribution in [0.4, 0.5) is 5.82 Å². The molecule has 30 heavy (non-hydrogen) atoms. The minimum absolute atomic E-state index is 0.0613. The van der Waals surface area contributed by atoms with Crippen molar-refractivity contribution in [2.75, 3.05) is 38.2 Å². The van der Waals surface area contributed by atoms with Gasteiger partial charge in [-0.3, -0.25) is 9.89 Å². The predicted octanol–water partition coefficient (Wildman–Crippen LogP) is 4.85. The van der Waals surface area contributed by atoms with Crippen molar-refractivity contribution in [2.24, 2.45) is 0 Å². The van der Waals surface area contributed by atoms with Gasteiger partial charge >= 0.3 is 0 Å². The summed E-state index contributed by atoms with van der Waals surface area (Å²) in [4.78, 5) is 17.2. The van der Waals surface area contributed by atoms with E-state index in [0.29, 0.717) is 36.0 Å². The van der Waals surface area contributed by atoms with Crippen molar-refractivity contribution in [1.29, 1.82) is 0 Å². The van der Waals surface area contributed by atoms with Gasteiger partial charge in [-0.05, 0) is 42.3 Å².